The van der Waals surface area contributed by atoms with Crippen LogP contribution in [0.2, 0.25) is 0 Å². The van der Waals surface area contributed by atoms with Gasteiger partial charge in [-0.3, -0.25) is 0 Å². The van der Waals surface area contributed by atoms with Crippen molar-refractivity contribution in [2.75, 3.05) is 5.33 Å². The second-order valence-corrected chi connectivity index (χ2v) is 2.73. The van der Waals surface area contributed by atoms with Crippen LogP contribution in [0.25, 0.3) is 0 Å². The molecule has 48 valence electrons. The van der Waals surface area contributed by atoms with Crippen molar-refractivity contribution in [3.63, 3.8) is 0 Å². The molecular weight excluding hydrogens is 178 g/mol. The Kier molecular flexibility index (Phi) is 1.56. The van der Waals surface area contributed by atoms with Gasteiger partial charge >= 0.3 is 0 Å². The molecule has 0 aromatic heterocycles. The average molecular weight is 185 g/mol. The first kappa shape index (κ1) is 6.46. The fourth-order valence-corrected chi connectivity index (χ4v) is 1.07. The molecule has 0 aromatic rings. The highest BCUT2D eigenvalue weighted by Gasteiger charge is 2.45. The van der Waals surface area contributed by atoms with Crippen molar-refractivity contribution in [1.29, 1.82) is 0 Å². The summed E-state index contributed by atoms with van der Waals surface area (Å²) in [4.78, 5) is 0. The predicted molar refractivity (Wildman–Crippen MR) is 31.5 cm³/mol. The van der Waals surface area contributed by atoms with Crippen molar-refractivity contribution in [2.24, 2.45) is 5.92 Å². The maximum Gasteiger partial charge on any atom is 0.260 e. The molecule has 0 aromatic carbocycles. The molecule has 0 aliphatic heterocycles. The van der Waals surface area contributed by atoms with Crippen LogP contribution in [0.1, 0.15) is 12.8 Å². The molecule has 0 unspecified atom stereocenters. The number of halogens is 3. The Morgan fingerprint density at radius 1 is 1.50 bits per heavy atom. The Morgan fingerprint density at radius 2 is 2.00 bits per heavy atom. The van der Waals surface area contributed by atoms with E-state index >= 15 is 0 Å². The van der Waals surface area contributed by atoms with Gasteiger partial charge < -0.3 is 0 Å². The van der Waals surface area contributed by atoms with Gasteiger partial charge in [0.1, 0.15) is 0 Å². The zero-order valence-electron chi connectivity index (χ0n) is 4.33. The summed E-state index contributed by atoms with van der Waals surface area (Å²) in [7, 11) is 0. The molecule has 3 heteroatoms. The van der Waals surface area contributed by atoms with E-state index in [0.29, 0.717) is 12.8 Å². The third-order valence-electron chi connectivity index (χ3n) is 1.35. The summed E-state index contributed by atoms with van der Waals surface area (Å²) >= 11 is 2.76. The van der Waals surface area contributed by atoms with Gasteiger partial charge in [0.15, 0.2) is 0 Å². The zero-order valence-corrected chi connectivity index (χ0v) is 5.92. The van der Waals surface area contributed by atoms with E-state index in [1.165, 1.54) is 0 Å². The van der Waals surface area contributed by atoms with Gasteiger partial charge in [0.2, 0.25) is 0 Å². The third-order valence-corrected chi connectivity index (χ3v) is 2.10. The van der Waals surface area contributed by atoms with Crippen LogP contribution in [0, 0.1) is 5.92 Å². The molecule has 1 aliphatic carbocycles. The SMILES string of the molecule is FC(F)(CBr)C1CC1. The first-order valence-corrected chi connectivity index (χ1v) is 3.73. The summed E-state index contributed by atoms with van der Waals surface area (Å²) in [6, 6.07) is 0. The second-order valence-electron chi connectivity index (χ2n) is 2.17. The van der Waals surface area contributed by atoms with E-state index in [9.17, 15) is 8.78 Å². The van der Waals surface area contributed by atoms with Crippen LogP contribution in [0.3, 0.4) is 0 Å². The summed E-state index contributed by atoms with van der Waals surface area (Å²) in [5.41, 5.74) is 0. The molecule has 0 radical (unpaired) electrons. The fourth-order valence-electron chi connectivity index (χ4n) is 0.615. The molecule has 0 N–H and O–H groups in total. The second kappa shape index (κ2) is 1.94. The number of alkyl halides is 3. The van der Waals surface area contributed by atoms with Gasteiger partial charge in [0.25, 0.3) is 5.92 Å². The van der Waals surface area contributed by atoms with Crippen LogP contribution in [0.5, 0.6) is 0 Å². The molecule has 1 aliphatic rings. The van der Waals surface area contributed by atoms with Gasteiger partial charge in [-0.2, -0.15) is 0 Å². The van der Waals surface area contributed by atoms with Gasteiger partial charge in [-0.25, -0.2) is 8.78 Å². The van der Waals surface area contributed by atoms with Gasteiger partial charge in [-0.15, -0.1) is 0 Å². The van der Waals surface area contributed by atoms with Crippen LogP contribution in [0.4, 0.5) is 8.78 Å². The molecule has 0 spiro atoms. The molecule has 0 bridgehead atoms. The lowest BCUT2D eigenvalue weighted by atomic mass is 10.2. The van der Waals surface area contributed by atoms with Crippen LogP contribution in [-0.2, 0) is 0 Å². The lowest BCUT2D eigenvalue weighted by molar-refractivity contribution is 0.00475. The molecule has 0 amide bonds. The third kappa shape index (κ3) is 1.19. The molecular formula is C5H7BrF2. The van der Waals surface area contributed by atoms with Crippen molar-refractivity contribution >= 4 is 15.9 Å². The normalized spacial score (nSPS) is 21.4. The summed E-state index contributed by atoms with van der Waals surface area (Å²) in [6.07, 6.45) is 1.41. The van der Waals surface area contributed by atoms with Crippen molar-refractivity contribution < 1.29 is 8.78 Å². The van der Waals surface area contributed by atoms with Crippen molar-refractivity contribution in [2.45, 2.75) is 18.8 Å². The van der Waals surface area contributed by atoms with Crippen molar-refractivity contribution in [1.82, 2.24) is 0 Å². The van der Waals surface area contributed by atoms with Gasteiger partial charge in [0.05, 0.1) is 5.33 Å². The molecule has 0 atom stereocenters. The highest BCUT2D eigenvalue weighted by atomic mass is 79.9. The smallest absolute Gasteiger partial charge is 0.206 e. The van der Waals surface area contributed by atoms with E-state index in [4.69, 9.17) is 0 Å². The minimum absolute atomic E-state index is 0.176. The first-order valence-electron chi connectivity index (χ1n) is 2.60. The number of rotatable bonds is 2. The summed E-state index contributed by atoms with van der Waals surface area (Å²) in [5.74, 6) is -2.75. The van der Waals surface area contributed by atoms with E-state index in [-0.39, 0.29) is 11.2 Å². The van der Waals surface area contributed by atoms with Crippen LogP contribution in [0.15, 0.2) is 0 Å². The number of hydrogen-bond acceptors (Lipinski definition) is 0. The summed E-state index contributed by atoms with van der Waals surface area (Å²) in [6.45, 7) is 0. The Balaban J connectivity index is 2.37. The Morgan fingerprint density at radius 3 is 2.12 bits per heavy atom. The average Bonchev–Trinajstić information content (AvgIpc) is 2.44. The summed E-state index contributed by atoms with van der Waals surface area (Å²) < 4.78 is 24.6. The quantitative estimate of drug-likeness (QED) is 0.579. The van der Waals surface area contributed by atoms with E-state index in [0.717, 1.165) is 0 Å². The lowest BCUT2D eigenvalue weighted by Crippen LogP contribution is -2.20. The first-order chi connectivity index (χ1) is 3.67. The molecule has 0 saturated heterocycles. The van der Waals surface area contributed by atoms with Gasteiger partial charge in [0, 0.05) is 5.92 Å². The Hall–Kier alpha value is 0.340. The lowest BCUT2D eigenvalue weighted by Gasteiger charge is -2.09. The number of hydrogen-bond donors (Lipinski definition) is 0. The van der Waals surface area contributed by atoms with E-state index in [1.54, 1.807) is 0 Å². The standard InChI is InChI=1S/C5H7BrF2/c6-3-5(7,8)4-1-2-4/h4H,1-3H2. The molecule has 1 rings (SSSR count). The van der Waals surface area contributed by atoms with Crippen LogP contribution in [-0.4, -0.2) is 11.3 Å². The van der Waals surface area contributed by atoms with Gasteiger partial charge in [-0.05, 0) is 12.8 Å². The fraction of sp³-hybridized carbons (Fsp3) is 1.00. The molecule has 1 saturated carbocycles. The van der Waals surface area contributed by atoms with Crippen LogP contribution < -0.4 is 0 Å². The molecule has 1 fully saturated rings. The topological polar surface area (TPSA) is 0 Å². The highest BCUT2D eigenvalue weighted by molar-refractivity contribution is 9.09. The highest BCUT2D eigenvalue weighted by Crippen LogP contribution is 2.43. The molecule has 0 nitrogen and oxygen atoms in total. The molecule has 0 heterocycles. The predicted octanol–water partition coefficient (Wildman–Crippen LogP) is 2.43. The Bertz CT molecular complexity index is 88.4. The van der Waals surface area contributed by atoms with Crippen LogP contribution >= 0.6 is 15.9 Å². The Labute approximate surface area is 55.4 Å². The van der Waals surface area contributed by atoms with Crippen molar-refractivity contribution in [3.8, 4) is 0 Å². The zero-order chi connectivity index (χ0) is 6.20. The van der Waals surface area contributed by atoms with Crippen molar-refractivity contribution in [3.05, 3.63) is 0 Å². The van der Waals surface area contributed by atoms with E-state index in [1.807, 2.05) is 0 Å². The van der Waals surface area contributed by atoms with E-state index < -0.39 is 5.92 Å². The monoisotopic (exact) mass is 184 g/mol. The molecule has 8 heavy (non-hydrogen) atoms. The largest absolute Gasteiger partial charge is 0.260 e. The minimum atomic E-state index is -2.43. The maximum absolute atomic E-state index is 12.3. The summed E-state index contributed by atoms with van der Waals surface area (Å²) in [5, 5.41) is -0.176. The maximum atomic E-state index is 12.3. The van der Waals surface area contributed by atoms with Gasteiger partial charge in [-0.1, -0.05) is 15.9 Å². The minimum Gasteiger partial charge on any atom is -0.206 e. The van der Waals surface area contributed by atoms with E-state index in [2.05, 4.69) is 15.9 Å².